The molecule has 0 heterocycles. The van der Waals surface area contributed by atoms with Crippen LogP contribution >= 0.6 is 0 Å². The Hall–Kier alpha value is -0.780. The SMILES string of the molecule is CC1=CC2=C(C)CCCC2=C1. The van der Waals surface area contributed by atoms with E-state index in [1.807, 2.05) is 0 Å². The molecule has 0 heteroatoms. The summed E-state index contributed by atoms with van der Waals surface area (Å²) in [4.78, 5) is 0. The van der Waals surface area contributed by atoms with Gasteiger partial charge in [0.25, 0.3) is 0 Å². The molecule has 2 aliphatic rings. The van der Waals surface area contributed by atoms with E-state index in [2.05, 4.69) is 26.0 Å². The van der Waals surface area contributed by atoms with Gasteiger partial charge in [-0.25, -0.2) is 0 Å². The van der Waals surface area contributed by atoms with Gasteiger partial charge in [-0.05, 0) is 44.3 Å². The first kappa shape index (κ1) is 6.90. The van der Waals surface area contributed by atoms with Crippen LogP contribution in [0.5, 0.6) is 0 Å². The molecular formula is C11H14. The molecule has 0 aromatic carbocycles. The largest absolute Gasteiger partial charge is 0.0658 e. The summed E-state index contributed by atoms with van der Waals surface area (Å²) in [5.74, 6) is 0. The normalized spacial score (nSPS) is 23.1. The Labute approximate surface area is 68.3 Å². The number of fused-ring (bicyclic) bond motifs is 1. The molecule has 0 unspecified atom stereocenters. The van der Waals surface area contributed by atoms with Crippen LogP contribution in [-0.2, 0) is 0 Å². The molecule has 0 fully saturated rings. The first-order valence-corrected chi connectivity index (χ1v) is 4.36. The molecule has 0 aromatic rings. The van der Waals surface area contributed by atoms with Crippen molar-refractivity contribution in [2.45, 2.75) is 33.1 Å². The van der Waals surface area contributed by atoms with Crippen molar-refractivity contribution in [2.75, 3.05) is 0 Å². The minimum absolute atomic E-state index is 1.29. The van der Waals surface area contributed by atoms with E-state index in [-0.39, 0.29) is 0 Å². The standard InChI is InChI=1S/C11H14/c1-8-6-10-5-3-4-9(2)11(10)7-8/h6-7H,3-5H2,1-2H3. The predicted molar refractivity (Wildman–Crippen MR) is 48.4 cm³/mol. The van der Waals surface area contributed by atoms with Crippen LogP contribution in [-0.4, -0.2) is 0 Å². The van der Waals surface area contributed by atoms with E-state index < -0.39 is 0 Å². The quantitative estimate of drug-likeness (QED) is 0.491. The lowest BCUT2D eigenvalue weighted by Crippen LogP contribution is -1.96. The molecule has 0 saturated carbocycles. The van der Waals surface area contributed by atoms with Crippen LogP contribution in [0.25, 0.3) is 0 Å². The summed E-state index contributed by atoms with van der Waals surface area (Å²) in [6.45, 7) is 4.45. The zero-order valence-corrected chi connectivity index (χ0v) is 7.28. The molecule has 0 N–H and O–H groups in total. The van der Waals surface area contributed by atoms with E-state index in [0.29, 0.717) is 0 Å². The molecule has 0 atom stereocenters. The van der Waals surface area contributed by atoms with E-state index in [0.717, 1.165) is 0 Å². The van der Waals surface area contributed by atoms with Gasteiger partial charge in [-0.3, -0.25) is 0 Å². The summed E-state index contributed by atoms with van der Waals surface area (Å²) in [5, 5.41) is 0. The zero-order valence-electron chi connectivity index (χ0n) is 7.28. The number of hydrogen-bond donors (Lipinski definition) is 0. The van der Waals surface area contributed by atoms with Crippen LogP contribution in [0.4, 0.5) is 0 Å². The van der Waals surface area contributed by atoms with Gasteiger partial charge in [0, 0.05) is 0 Å². The topological polar surface area (TPSA) is 0 Å². The van der Waals surface area contributed by atoms with Crippen molar-refractivity contribution in [1.29, 1.82) is 0 Å². The minimum Gasteiger partial charge on any atom is -0.0658 e. The van der Waals surface area contributed by atoms with Gasteiger partial charge >= 0.3 is 0 Å². The molecule has 58 valence electrons. The van der Waals surface area contributed by atoms with Gasteiger partial charge in [0.15, 0.2) is 0 Å². The minimum atomic E-state index is 1.29. The molecular weight excluding hydrogens is 132 g/mol. The molecule has 0 amide bonds. The first-order valence-electron chi connectivity index (χ1n) is 4.36. The van der Waals surface area contributed by atoms with Crippen molar-refractivity contribution in [3.05, 3.63) is 34.4 Å². The summed E-state index contributed by atoms with van der Waals surface area (Å²) < 4.78 is 0. The van der Waals surface area contributed by atoms with Gasteiger partial charge in [0.2, 0.25) is 0 Å². The summed E-state index contributed by atoms with van der Waals surface area (Å²) in [6, 6.07) is 0. The fourth-order valence-electron chi connectivity index (χ4n) is 2.00. The highest BCUT2D eigenvalue weighted by Crippen LogP contribution is 2.35. The number of allylic oxidation sites excluding steroid dienone is 6. The van der Waals surface area contributed by atoms with Crippen LogP contribution in [0.15, 0.2) is 34.4 Å². The number of rotatable bonds is 0. The summed E-state index contributed by atoms with van der Waals surface area (Å²) >= 11 is 0. The van der Waals surface area contributed by atoms with Gasteiger partial charge in [0.05, 0.1) is 0 Å². The lowest BCUT2D eigenvalue weighted by molar-refractivity contribution is 0.774. The lowest BCUT2D eigenvalue weighted by atomic mass is 9.90. The second-order valence-electron chi connectivity index (χ2n) is 3.61. The van der Waals surface area contributed by atoms with Crippen molar-refractivity contribution in [3.8, 4) is 0 Å². The Morgan fingerprint density at radius 2 is 1.91 bits per heavy atom. The highest BCUT2D eigenvalue weighted by atomic mass is 14.2. The van der Waals surface area contributed by atoms with E-state index in [9.17, 15) is 0 Å². The molecule has 0 aliphatic heterocycles. The Morgan fingerprint density at radius 1 is 1.09 bits per heavy atom. The highest BCUT2D eigenvalue weighted by Gasteiger charge is 2.16. The predicted octanol–water partition coefficient (Wildman–Crippen LogP) is 3.37. The molecule has 0 bridgehead atoms. The Morgan fingerprint density at radius 3 is 2.64 bits per heavy atom. The van der Waals surface area contributed by atoms with Crippen LogP contribution < -0.4 is 0 Å². The average molecular weight is 146 g/mol. The fourth-order valence-corrected chi connectivity index (χ4v) is 2.00. The van der Waals surface area contributed by atoms with E-state index in [1.54, 1.807) is 11.1 Å². The second-order valence-corrected chi connectivity index (χ2v) is 3.61. The van der Waals surface area contributed by atoms with Crippen LogP contribution in [0.3, 0.4) is 0 Å². The third-order valence-electron chi connectivity index (χ3n) is 2.58. The second kappa shape index (κ2) is 2.37. The maximum absolute atomic E-state index is 2.33. The Balaban J connectivity index is 2.47. The fraction of sp³-hybridized carbons (Fsp3) is 0.455. The van der Waals surface area contributed by atoms with Gasteiger partial charge in [-0.1, -0.05) is 23.3 Å². The van der Waals surface area contributed by atoms with Gasteiger partial charge in [-0.15, -0.1) is 0 Å². The summed E-state index contributed by atoms with van der Waals surface area (Å²) in [7, 11) is 0. The van der Waals surface area contributed by atoms with Crippen LogP contribution in [0.2, 0.25) is 0 Å². The van der Waals surface area contributed by atoms with Gasteiger partial charge in [-0.2, -0.15) is 0 Å². The summed E-state index contributed by atoms with van der Waals surface area (Å²) in [5.41, 5.74) is 6.12. The average Bonchev–Trinajstić information content (AvgIpc) is 2.31. The molecule has 0 radical (unpaired) electrons. The van der Waals surface area contributed by atoms with Crippen LogP contribution in [0.1, 0.15) is 33.1 Å². The monoisotopic (exact) mass is 146 g/mol. The van der Waals surface area contributed by atoms with E-state index in [4.69, 9.17) is 0 Å². The molecule has 2 rings (SSSR count). The van der Waals surface area contributed by atoms with E-state index >= 15 is 0 Å². The lowest BCUT2D eigenvalue weighted by Gasteiger charge is -2.15. The maximum atomic E-state index is 2.33. The summed E-state index contributed by atoms with van der Waals surface area (Å²) in [6.07, 6.45) is 8.60. The third kappa shape index (κ3) is 1.07. The Bertz CT molecular complexity index is 274. The zero-order chi connectivity index (χ0) is 7.84. The van der Waals surface area contributed by atoms with Crippen molar-refractivity contribution in [3.63, 3.8) is 0 Å². The maximum Gasteiger partial charge on any atom is -0.0233 e. The molecule has 2 aliphatic carbocycles. The molecule has 11 heavy (non-hydrogen) atoms. The van der Waals surface area contributed by atoms with Crippen molar-refractivity contribution in [2.24, 2.45) is 0 Å². The van der Waals surface area contributed by atoms with Crippen LogP contribution in [0, 0.1) is 0 Å². The highest BCUT2D eigenvalue weighted by molar-refractivity contribution is 5.55. The smallest absolute Gasteiger partial charge is 0.0233 e. The van der Waals surface area contributed by atoms with Gasteiger partial charge in [0.1, 0.15) is 0 Å². The molecule has 0 saturated heterocycles. The van der Waals surface area contributed by atoms with Gasteiger partial charge < -0.3 is 0 Å². The molecule has 0 spiro atoms. The molecule has 0 nitrogen and oxygen atoms in total. The number of hydrogen-bond acceptors (Lipinski definition) is 0. The van der Waals surface area contributed by atoms with Crippen molar-refractivity contribution < 1.29 is 0 Å². The van der Waals surface area contributed by atoms with Crippen molar-refractivity contribution in [1.82, 2.24) is 0 Å². The van der Waals surface area contributed by atoms with E-state index in [1.165, 1.54) is 30.4 Å². The first-order chi connectivity index (χ1) is 5.27. The Kier molecular flexibility index (Phi) is 1.49. The third-order valence-corrected chi connectivity index (χ3v) is 2.58. The van der Waals surface area contributed by atoms with Crippen molar-refractivity contribution >= 4 is 0 Å². The molecule has 0 aromatic heterocycles.